The van der Waals surface area contributed by atoms with E-state index in [4.69, 9.17) is 5.73 Å². The third-order valence-electron chi connectivity index (χ3n) is 4.65. The molecule has 116 valence electrons. The molecule has 0 unspecified atom stereocenters. The molecule has 1 aromatic rings. The highest BCUT2D eigenvalue weighted by molar-refractivity contribution is 5.54. The highest BCUT2D eigenvalue weighted by Crippen LogP contribution is 2.25. The lowest BCUT2D eigenvalue weighted by Crippen LogP contribution is -2.45. The van der Waals surface area contributed by atoms with Crippen molar-refractivity contribution in [3.8, 4) is 0 Å². The summed E-state index contributed by atoms with van der Waals surface area (Å²) in [6, 6.07) is 2.11. The standard InChI is InChI=1S/C15H26N6/c1-12-3-5-20(6-4-12)13-11-14(18-15(16)17-13)21-9-7-19(2)8-10-21/h11-12H,3-10H2,1-2H3,(H2,16,17,18). The van der Waals surface area contributed by atoms with Crippen molar-refractivity contribution in [3.63, 3.8) is 0 Å². The summed E-state index contributed by atoms with van der Waals surface area (Å²) in [5, 5.41) is 0. The van der Waals surface area contributed by atoms with E-state index in [0.29, 0.717) is 5.95 Å². The third-order valence-corrected chi connectivity index (χ3v) is 4.65. The second kappa shape index (κ2) is 6.05. The van der Waals surface area contributed by atoms with Crippen LogP contribution in [0.15, 0.2) is 6.07 Å². The molecule has 2 aliphatic heterocycles. The quantitative estimate of drug-likeness (QED) is 0.878. The van der Waals surface area contributed by atoms with Crippen LogP contribution in [0.4, 0.5) is 17.6 Å². The van der Waals surface area contributed by atoms with Crippen LogP contribution in [-0.2, 0) is 0 Å². The van der Waals surface area contributed by atoms with Crippen molar-refractivity contribution in [3.05, 3.63) is 6.07 Å². The summed E-state index contributed by atoms with van der Waals surface area (Å²) in [7, 11) is 2.16. The van der Waals surface area contributed by atoms with Gasteiger partial charge in [0.05, 0.1) is 0 Å². The van der Waals surface area contributed by atoms with Crippen LogP contribution < -0.4 is 15.5 Å². The van der Waals surface area contributed by atoms with E-state index < -0.39 is 0 Å². The van der Waals surface area contributed by atoms with Gasteiger partial charge in [0.1, 0.15) is 11.6 Å². The van der Waals surface area contributed by atoms with Crippen LogP contribution >= 0.6 is 0 Å². The largest absolute Gasteiger partial charge is 0.368 e. The Bertz CT molecular complexity index is 435. The SMILES string of the molecule is CC1CCN(c2cc(N3CCN(C)CC3)nc(N)n2)CC1. The number of nitrogen functional groups attached to an aromatic ring is 1. The first-order valence-corrected chi connectivity index (χ1v) is 7.95. The zero-order chi connectivity index (χ0) is 14.8. The van der Waals surface area contributed by atoms with E-state index in [1.807, 2.05) is 0 Å². The molecule has 6 nitrogen and oxygen atoms in total. The number of nitrogens with zero attached hydrogens (tertiary/aromatic N) is 5. The maximum Gasteiger partial charge on any atom is 0.223 e. The lowest BCUT2D eigenvalue weighted by Gasteiger charge is -2.35. The number of piperidine rings is 1. The Morgan fingerprint density at radius 1 is 0.952 bits per heavy atom. The van der Waals surface area contributed by atoms with Gasteiger partial charge < -0.3 is 20.4 Å². The monoisotopic (exact) mass is 290 g/mol. The zero-order valence-corrected chi connectivity index (χ0v) is 13.1. The first kappa shape index (κ1) is 14.4. The normalized spacial score (nSPS) is 21.8. The van der Waals surface area contributed by atoms with Crippen molar-refractivity contribution in [2.24, 2.45) is 5.92 Å². The number of hydrogen-bond acceptors (Lipinski definition) is 6. The minimum absolute atomic E-state index is 0.389. The molecule has 0 atom stereocenters. The molecule has 0 bridgehead atoms. The molecule has 6 heteroatoms. The van der Waals surface area contributed by atoms with Crippen molar-refractivity contribution in [1.82, 2.24) is 14.9 Å². The number of likely N-dealkylation sites (N-methyl/N-ethyl adjacent to an activating group) is 1. The fourth-order valence-corrected chi connectivity index (χ4v) is 3.04. The molecule has 21 heavy (non-hydrogen) atoms. The second-order valence-corrected chi connectivity index (χ2v) is 6.40. The maximum absolute atomic E-state index is 5.94. The Morgan fingerprint density at radius 3 is 2.05 bits per heavy atom. The van der Waals surface area contributed by atoms with Crippen molar-refractivity contribution in [2.45, 2.75) is 19.8 Å². The van der Waals surface area contributed by atoms with Gasteiger partial charge in [-0.25, -0.2) is 0 Å². The van der Waals surface area contributed by atoms with E-state index in [2.05, 4.69) is 44.7 Å². The lowest BCUT2D eigenvalue weighted by atomic mass is 9.99. The molecule has 0 radical (unpaired) electrons. The van der Waals surface area contributed by atoms with Crippen LogP contribution in [0.5, 0.6) is 0 Å². The predicted molar refractivity (Wildman–Crippen MR) is 86.8 cm³/mol. The number of rotatable bonds is 2. The van der Waals surface area contributed by atoms with Gasteiger partial charge in [0, 0.05) is 45.3 Å². The van der Waals surface area contributed by atoms with Gasteiger partial charge in [-0.15, -0.1) is 0 Å². The molecule has 1 aromatic heterocycles. The molecular weight excluding hydrogens is 264 g/mol. The molecule has 3 rings (SSSR count). The Labute approximate surface area is 126 Å². The van der Waals surface area contributed by atoms with Crippen molar-refractivity contribution in [1.29, 1.82) is 0 Å². The van der Waals surface area contributed by atoms with Gasteiger partial charge >= 0.3 is 0 Å². The van der Waals surface area contributed by atoms with E-state index >= 15 is 0 Å². The van der Waals surface area contributed by atoms with Crippen LogP contribution in [0.2, 0.25) is 0 Å². The van der Waals surface area contributed by atoms with Gasteiger partial charge in [0.2, 0.25) is 5.95 Å². The molecular formula is C15H26N6. The number of piperazine rings is 1. The van der Waals surface area contributed by atoms with Gasteiger partial charge in [-0.3, -0.25) is 0 Å². The van der Waals surface area contributed by atoms with E-state index in [-0.39, 0.29) is 0 Å². The lowest BCUT2D eigenvalue weighted by molar-refractivity contribution is 0.312. The van der Waals surface area contributed by atoms with Gasteiger partial charge in [-0.05, 0) is 25.8 Å². The van der Waals surface area contributed by atoms with E-state index in [1.54, 1.807) is 0 Å². The Balaban J connectivity index is 1.76. The summed E-state index contributed by atoms with van der Waals surface area (Å²) in [6.45, 7) is 8.61. The van der Waals surface area contributed by atoms with Crippen LogP contribution in [0.25, 0.3) is 0 Å². The Morgan fingerprint density at radius 2 is 1.48 bits per heavy atom. The number of nitrogens with two attached hydrogens (primary N) is 1. The average Bonchev–Trinajstić information content (AvgIpc) is 2.48. The number of anilines is 3. The van der Waals surface area contributed by atoms with Crippen LogP contribution in [0.1, 0.15) is 19.8 Å². The first-order chi connectivity index (χ1) is 10.1. The smallest absolute Gasteiger partial charge is 0.223 e. The van der Waals surface area contributed by atoms with Crippen LogP contribution in [0, 0.1) is 5.92 Å². The van der Waals surface area contributed by atoms with E-state index in [1.165, 1.54) is 12.8 Å². The van der Waals surface area contributed by atoms with Crippen molar-refractivity contribution < 1.29 is 0 Å². The fraction of sp³-hybridized carbons (Fsp3) is 0.733. The second-order valence-electron chi connectivity index (χ2n) is 6.40. The molecule has 3 heterocycles. The molecule has 0 aliphatic carbocycles. The summed E-state index contributed by atoms with van der Waals surface area (Å²) in [5.74, 6) is 3.17. The van der Waals surface area contributed by atoms with Gasteiger partial charge in [0.15, 0.2) is 0 Å². The van der Waals surface area contributed by atoms with E-state index in [9.17, 15) is 0 Å². The molecule has 2 aliphatic rings. The molecule has 0 aromatic carbocycles. The third kappa shape index (κ3) is 3.37. The summed E-state index contributed by atoms with van der Waals surface area (Å²) >= 11 is 0. The summed E-state index contributed by atoms with van der Waals surface area (Å²) in [6.07, 6.45) is 2.46. The average molecular weight is 290 g/mol. The number of hydrogen-bond donors (Lipinski definition) is 1. The minimum atomic E-state index is 0.389. The fourth-order valence-electron chi connectivity index (χ4n) is 3.04. The van der Waals surface area contributed by atoms with Crippen molar-refractivity contribution in [2.75, 3.05) is 61.8 Å². The zero-order valence-electron chi connectivity index (χ0n) is 13.1. The molecule has 0 saturated carbocycles. The first-order valence-electron chi connectivity index (χ1n) is 7.95. The van der Waals surface area contributed by atoms with Gasteiger partial charge in [0.25, 0.3) is 0 Å². The highest BCUT2D eigenvalue weighted by atomic mass is 15.3. The molecule has 2 saturated heterocycles. The summed E-state index contributed by atoms with van der Waals surface area (Å²) < 4.78 is 0. The Kier molecular flexibility index (Phi) is 4.14. The summed E-state index contributed by atoms with van der Waals surface area (Å²) in [5.41, 5.74) is 5.94. The van der Waals surface area contributed by atoms with Gasteiger partial charge in [-0.2, -0.15) is 9.97 Å². The van der Waals surface area contributed by atoms with E-state index in [0.717, 1.165) is 56.8 Å². The van der Waals surface area contributed by atoms with Crippen LogP contribution in [0.3, 0.4) is 0 Å². The number of aromatic nitrogens is 2. The van der Waals surface area contributed by atoms with Crippen LogP contribution in [-0.4, -0.2) is 61.2 Å². The summed E-state index contributed by atoms with van der Waals surface area (Å²) in [4.78, 5) is 15.9. The molecule has 2 N–H and O–H groups in total. The highest BCUT2D eigenvalue weighted by Gasteiger charge is 2.21. The topological polar surface area (TPSA) is 61.5 Å². The maximum atomic E-state index is 5.94. The predicted octanol–water partition coefficient (Wildman–Crippen LogP) is 1.05. The Hall–Kier alpha value is -1.56. The molecule has 0 spiro atoms. The minimum Gasteiger partial charge on any atom is -0.368 e. The van der Waals surface area contributed by atoms with Crippen molar-refractivity contribution >= 4 is 17.6 Å². The van der Waals surface area contributed by atoms with Gasteiger partial charge in [-0.1, -0.05) is 6.92 Å². The molecule has 0 amide bonds. The molecule has 2 fully saturated rings.